The van der Waals surface area contributed by atoms with Crippen molar-refractivity contribution >= 4 is 17.3 Å². The fourth-order valence-electron chi connectivity index (χ4n) is 2.27. The topological polar surface area (TPSA) is 80.9 Å². The lowest BCUT2D eigenvalue weighted by Crippen LogP contribution is -2.19. The Bertz CT molecular complexity index is 562. The van der Waals surface area contributed by atoms with Crippen LogP contribution in [0.3, 0.4) is 0 Å². The molecule has 1 fully saturated rings. The predicted molar refractivity (Wildman–Crippen MR) is 69.0 cm³/mol. The first-order valence-electron chi connectivity index (χ1n) is 6.25. The van der Waals surface area contributed by atoms with Crippen LogP contribution in [-0.4, -0.2) is 31.3 Å². The largest absolute Gasteiger partial charge is 0.481 e. The summed E-state index contributed by atoms with van der Waals surface area (Å²) in [6.45, 7) is 0. The summed E-state index contributed by atoms with van der Waals surface area (Å²) in [5.74, 6) is 0.358. The van der Waals surface area contributed by atoms with Crippen molar-refractivity contribution in [2.45, 2.75) is 31.7 Å². The molecule has 19 heavy (non-hydrogen) atoms. The lowest BCUT2D eigenvalue weighted by atomic mass is 10.1. The quantitative estimate of drug-likeness (QED) is 0.870. The Hall–Kier alpha value is -1.76. The minimum atomic E-state index is -0.797. The maximum atomic E-state index is 11.0. The van der Waals surface area contributed by atoms with Gasteiger partial charge in [-0.25, -0.2) is 4.68 Å². The van der Waals surface area contributed by atoms with Gasteiger partial charge in [-0.15, -0.1) is 16.4 Å². The van der Waals surface area contributed by atoms with Crippen molar-refractivity contribution in [1.29, 1.82) is 0 Å². The van der Waals surface area contributed by atoms with Gasteiger partial charge in [0, 0.05) is 11.3 Å². The van der Waals surface area contributed by atoms with Gasteiger partial charge in [0.15, 0.2) is 5.82 Å². The number of aliphatic carboxylic acids is 1. The third-order valence-corrected chi connectivity index (χ3v) is 4.21. The molecule has 2 aromatic heterocycles. The molecule has 2 heterocycles. The second-order valence-electron chi connectivity index (χ2n) is 4.80. The maximum absolute atomic E-state index is 11.0. The van der Waals surface area contributed by atoms with E-state index in [4.69, 9.17) is 5.11 Å². The van der Waals surface area contributed by atoms with Crippen LogP contribution in [0.5, 0.6) is 0 Å². The molecule has 0 aliphatic heterocycles. The van der Waals surface area contributed by atoms with E-state index in [1.807, 2.05) is 17.5 Å². The van der Waals surface area contributed by atoms with E-state index in [0.717, 1.165) is 18.7 Å². The van der Waals surface area contributed by atoms with E-state index in [1.165, 1.54) is 4.88 Å². The summed E-state index contributed by atoms with van der Waals surface area (Å²) in [6, 6.07) is 3.92. The average molecular weight is 278 g/mol. The van der Waals surface area contributed by atoms with Gasteiger partial charge in [-0.1, -0.05) is 6.07 Å². The number of rotatable bonds is 6. The number of nitrogens with zero attached hydrogens (tertiary/aromatic N) is 4. The number of hydrogen-bond acceptors (Lipinski definition) is 5. The van der Waals surface area contributed by atoms with Crippen molar-refractivity contribution in [1.82, 2.24) is 20.2 Å². The average Bonchev–Trinajstić information content (AvgIpc) is 2.89. The van der Waals surface area contributed by atoms with E-state index in [0.29, 0.717) is 12.3 Å². The minimum absolute atomic E-state index is 0.0904. The van der Waals surface area contributed by atoms with Crippen LogP contribution in [0.4, 0.5) is 0 Å². The van der Waals surface area contributed by atoms with Crippen LogP contribution in [-0.2, 0) is 11.2 Å². The molecule has 3 rings (SSSR count). The molecule has 6 nitrogen and oxygen atoms in total. The van der Waals surface area contributed by atoms with Crippen molar-refractivity contribution in [3.63, 3.8) is 0 Å². The van der Waals surface area contributed by atoms with E-state index in [1.54, 1.807) is 16.0 Å². The highest BCUT2D eigenvalue weighted by atomic mass is 32.1. The van der Waals surface area contributed by atoms with E-state index >= 15 is 0 Å². The third-order valence-electron chi connectivity index (χ3n) is 3.34. The molecule has 1 aliphatic carbocycles. The number of thiophene rings is 1. The Kier molecular flexibility index (Phi) is 3.29. The zero-order valence-electron chi connectivity index (χ0n) is 10.3. The fraction of sp³-hybridized carbons (Fsp3) is 0.500. The summed E-state index contributed by atoms with van der Waals surface area (Å²) in [5.41, 5.74) is 0. The summed E-state index contributed by atoms with van der Waals surface area (Å²) in [4.78, 5) is 12.2. The van der Waals surface area contributed by atoms with Crippen molar-refractivity contribution in [3.05, 3.63) is 28.2 Å². The molecular weight excluding hydrogens is 264 g/mol. The van der Waals surface area contributed by atoms with Gasteiger partial charge < -0.3 is 5.11 Å². The molecule has 0 spiro atoms. The number of tetrazole rings is 1. The number of carboxylic acids is 1. The molecule has 100 valence electrons. The maximum Gasteiger partial charge on any atom is 0.305 e. The molecule has 7 heteroatoms. The van der Waals surface area contributed by atoms with Gasteiger partial charge in [0.2, 0.25) is 0 Å². The molecular formula is C12H14N4O2S. The van der Waals surface area contributed by atoms with E-state index < -0.39 is 5.97 Å². The zero-order valence-corrected chi connectivity index (χ0v) is 11.1. The lowest BCUT2D eigenvalue weighted by molar-refractivity contribution is -0.138. The summed E-state index contributed by atoms with van der Waals surface area (Å²) in [7, 11) is 0. The van der Waals surface area contributed by atoms with Crippen LogP contribution in [0, 0.1) is 5.92 Å². The highest BCUT2D eigenvalue weighted by molar-refractivity contribution is 7.09. The Morgan fingerprint density at radius 2 is 2.42 bits per heavy atom. The number of carbonyl (C=O) groups is 1. The Labute approximate surface area is 114 Å². The van der Waals surface area contributed by atoms with Gasteiger partial charge in [0.25, 0.3) is 0 Å². The standard InChI is InChI=1S/C12H14N4O2S/c17-12(18)7-10(8-3-4-8)16-11(13-14-15-16)6-9-2-1-5-19-9/h1-2,5,8,10H,3-4,6-7H2,(H,17,18). The first kappa shape index (κ1) is 12.3. The summed E-state index contributed by atoms with van der Waals surface area (Å²) < 4.78 is 1.71. The smallest absolute Gasteiger partial charge is 0.305 e. The minimum Gasteiger partial charge on any atom is -0.481 e. The third kappa shape index (κ3) is 2.81. The molecule has 1 aliphatic rings. The molecule has 1 saturated carbocycles. The van der Waals surface area contributed by atoms with Crippen molar-refractivity contribution < 1.29 is 9.90 Å². The van der Waals surface area contributed by atoms with Gasteiger partial charge in [0.05, 0.1) is 12.5 Å². The normalized spacial score (nSPS) is 16.4. The highest BCUT2D eigenvalue weighted by Gasteiger charge is 2.36. The van der Waals surface area contributed by atoms with Crippen LogP contribution < -0.4 is 0 Å². The molecule has 0 amide bonds. The molecule has 0 aromatic carbocycles. The van der Waals surface area contributed by atoms with E-state index in [2.05, 4.69) is 15.5 Å². The van der Waals surface area contributed by atoms with Crippen molar-refractivity contribution in [3.8, 4) is 0 Å². The van der Waals surface area contributed by atoms with Crippen molar-refractivity contribution in [2.75, 3.05) is 0 Å². The van der Waals surface area contributed by atoms with Crippen LogP contribution in [0.1, 0.15) is 36.0 Å². The number of carboxylic acid groups (broad SMARTS) is 1. The lowest BCUT2D eigenvalue weighted by Gasteiger charge is -2.15. The van der Waals surface area contributed by atoms with Crippen LogP contribution in [0.2, 0.25) is 0 Å². The summed E-state index contributed by atoms with van der Waals surface area (Å²) in [5, 5.41) is 22.8. The first-order valence-corrected chi connectivity index (χ1v) is 7.13. The predicted octanol–water partition coefficient (Wildman–Crippen LogP) is 1.75. The fourth-order valence-corrected chi connectivity index (χ4v) is 2.97. The van der Waals surface area contributed by atoms with Gasteiger partial charge in [-0.05, 0) is 40.6 Å². The van der Waals surface area contributed by atoms with Gasteiger partial charge in [0.1, 0.15) is 0 Å². The Balaban J connectivity index is 1.82. The second kappa shape index (κ2) is 5.08. The Morgan fingerprint density at radius 3 is 3.05 bits per heavy atom. The molecule has 1 unspecified atom stereocenters. The van der Waals surface area contributed by atoms with Crippen LogP contribution >= 0.6 is 11.3 Å². The zero-order chi connectivity index (χ0) is 13.2. The molecule has 0 bridgehead atoms. The van der Waals surface area contributed by atoms with Gasteiger partial charge >= 0.3 is 5.97 Å². The van der Waals surface area contributed by atoms with Crippen molar-refractivity contribution in [2.24, 2.45) is 5.92 Å². The number of hydrogen-bond donors (Lipinski definition) is 1. The number of aromatic nitrogens is 4. The first-order chi connectivity index (χ1) is 9.24. The second-order valence-corrected chi connectivity index (χ2v) is 5.83. The van der Waals surface area contributed by atoms with E-state index in [-0.39, 0.29) is 12.5 Å². The highest BCUT2D eigenvalue weighted by Crippen LogP contribution is 2.41. The SMILES string of the molecule is O=C(O)CC(C1CC1)n1nnnc1Cc1cccs1. The monoisotopic (exact) mass is 278 g/mol. The Morgan fingerprint density at radius 1 is 1.58 bits per heavy atom. The van der Waals surface area contributed by atoms with Crippen LogP contribution in [0.25, 0.3) is 0 Å². The van der Waals surface area contributed by atoms with Gasteiger partial charge in [-0.3, -0.25) is 4.79 Å². The molecule has 2 aromatic rings. The van der Waals surface area contributed by atoms with Crippen LogP contribution in [0.15, 0.2) is 17.5 Å². The summed E-state index contributed by atoms with van der Waals surface area (Å²) >= 11 is 1.65. The molecule has 1 N–H and O–H groups in total. The van der Waals surface area contributed by atoms with E-state index in [9.17, 15) is 4.79 Å². The molecule has 0 saturated heterocycles. The molecule has 0 radical (unpaired) electrons. The summed E-state index contributed by atoms with van der Waals surface area (Å²) in [6.07, 6.45) is 2.88. The van der Waals surface area contributed by atoms with Gasteiger partial charge in [-0.2, -0.15) is 0 Å². The molecule has 1 atom stereocenters.